The van der Waals surface area contributed by atoms with Gasteiger partial charge in [-0.05, 0) is 29.7 Å². The lowest BCUT2D eigenvalue weighted by molar-refractivity contribution is 0.106. The Hall–Kier alpha value is -2.37. The van der Waals surface area contributed by atoms with Crippen molar-refractivity contribution < 1.29 is 14.0 Å². The van der Waals surface area contributed by atoms with E-state index in [2.05, 4.69) is 28.3 Å². The maximum absolute atomic E-state index is 9.84. The Balaban J connectivity index is 1.55. The highest BCUT2D eigenvalue weighted by Gasteiger charge is 2.27. The van der Waals surface area contributed by atoms with Crippen LogP contribution in [0.3, 0.4) is 0 Å². The van der Waals surface area contributed by atoms with E-state index in [-0.39, 0.29) is 12.6 Å². The number of fused-ring (bicyclic) bond motifs is 1. The van der Waals surface area contributed by atoms with Gasteiger partial charge in [0.05, 0.1) is 24.6 Å². The van der Waals surface area contributed by atoms with Crippen molar-refractivity contribution in [3.8, 4) is 11.5 Å². The molecule has 5 nitrogen and oxygen atoms in total. The molecule has 1 unspecified atom stereocenters. The first-order valence-electron chi connectivity index (χ1n) is 7.77. The van der Waals surface area contributed by atoms with Gasteiger partial charge in [0.2, 0.25) is 5.76 Å². The highest BCUT2D eigenvalue weighted by atomic mass is 16.5. The fourth-order valence-corrected chi connectivity index (χ4v) is 3.24. The maximum Gasteiger partial charge on any atom is 0.202 e. The smallest absolute Gasteiger partial charge is 0.202 e. The van der Waals surface area contributed by atoms with E-state index >= 15 is 0 Å². The standard InChI is InChI=1S/C18H18N2O3/c21-12-16-15-5-2-1-4-13(15)7-8-20(16)11-14-10-18(23-19-14)17-6-3-9-22-17/h1-6,9-10,16,21H,7-8,11-12H2. The van der Waals surface area contributed by atoms with Gasteiger partial charge in [-0.1, -0.05) is 29.4 Å². The van der Waals surface area contributed by atoms with Crippen molar-refractivity contribution in [2.45, 2.75) is 19.0 Å². The van der Waals surface area contributed by atoms with Crippen LogP contribution < -0.4 is 0 Å². The Bertz CT molecular complexity index is 779. The second-order valence-corrected chi connectivity index (χ2v) is 5.78. The van der Waals surface area contributed by atoms with Crippen LogP contribution in [0.15, 0.2) is 57.7 Å². The number of aliphatic hydroxyl groups excluding tert-OH is 1. The SMILES string of the molecule is OCC1c2ccccc2CCN1Cc1cc(-c2ccco2)on1. The van der Waals surface area contributed by atoms with E-state index in [1.54, 1.807) is 6.26 Å². The van der Waals surface area contributed by atoms with E-state index in [1.807, 2.05) is 24.3 Å². The van der Waals surface area contributed by atoms with E-state index in [0.29, 0.717) is 18.1 Å². The van der Waals surface area contributed by atoms with Gasteiger partial charge in [-0.2, -0.15) is 0 Å². The topological polar surface area (TPSA) is 62.6 Å². The van der Waals surface area contributed by atoms with E-state index in [9.17, 15) is 5.11 Å². The molecule has 1 aliphatic rings. The molecule has 1 atom stereocenters. The van der Waals surface area contributed by atoms with E-state index in [4.69, 9.17) is 8.94 Å². The summed E-state index contributed by atoms with van der Waals surface area (Å²) < 4.78 is 10.7. The van der Waals surface area contributed by atoms with Gasteiger partial charge in [0.1, 0.15) is 0 Å². The lowest BCUT2D eigenvalue weighted by Gasteiger charge is -2.35. The predicted octanol–water partition coefficient (Wildman–Crippen LogP) is 3.03. The molecule has 2 aromatic heterocycles. The molecule has 0 radical (unpaired) electrons. The van der Waals surface area contributed by atoms with Gasteiger partial charge >= 0.3 is 0 Å². The molecule has 1 aromatic carbocycles. The van der Waals surface area contributed by atoms with Crippen LogP contribution in [-0.4, -0.2) is 28.3 Å². The highest BCUT2D eigenvalue weighted by Crippen LogP contribution is 2.31. The lowest BCUT2D eigenvalue weighted by Crippen LogP contribution is -2.36. The van der Waals surface area contributed by atoms with Crippen molar-refractivity contribution in [3.63, 3.8) is 0 Å². The normalized spacial score (nSPS) is 18.0. The molecule has 118 valence electrons. The zero-order valence-electron chi connectivity index (χ0n) is 12.7. The first kappa shape index (κ1) is 14.2. The van der Waals surface area contributed by atoms with Crippen molar-refractivity contribution in [1.82, 2.24) is 10.1 Å². The van der Waals surface area contributed by atoms with Crippen molar-refractivity contribution in [2.24, 2.45) is 0 Å². The molecule has 0 fully saturated rings. The minimum absolute atomic E-state index is 0.00344. The third-order valence-corrected chi connectivity index (χ3v) is 4.38. The fraction of sp³-hybridized carbons (Fsp3) is 0.278. The van der Waals surface area contributed by atoms with Gasteiger partial charge < -0.3 is 14.0 Å². The molecule has 23 heavy (non-hydrogen) atoms. The summed E-state index contributed by atoms with van der Waals surface area (Å²) in [5, 5.41) is 14.0. The van der Waals surface area contributed by atoms with Crippen molar-refractivity contribution in [2.75, 3.05) is 13.2 Å². The summed E-state index contributed by atoms with van der Waals surface area (Å²) in [6.45, 7) is 1.63. The number of aliphatic hydroxyl groups is 1. The summed E-state index contributed by atoms with van der Waals surface area (Å²) in [6.07, 6.45) is 2.59. The third-order valence-electron chi connectivity index (χ3n) is 4.38. The Kier molecular flexibility index (Phi) is 3.73. The summed E-state index contributed by atoms with van der Waals surface area (Å²) in [5.41, 5.74) is 3.37. The van der Waals surface area contributed by atoms with Gasteiger partial charge in [-0.25, -0.2) is 0 Å². The minimum Gasteiger partial charge on any atom is -0.461 e. The lowest BCUT2D eigenvalue weighted by atomic mass is 9.93. The van der Waals surface area contributed by atoms with Crippen LogP contribution >= 0.6 is 0 Å². The molecule has 0 saturated carbocycles. The molecule has 1 N–H and O–H groups in total. The number of nitrogens with zero attached hydrogens (tertiary/aromatic N) is 2. The molecule has 3 heterocycles. The molecule has 3 aromatic rings. The van der Waals surface area contributed by atoms with Crippen LogP contribution in [0, 0.1) is 0 Å². The molecular weight excluding hydrogens is 292 g/mol. The zero-order chi connectivity index (χ0) is 15.6. The van der Waals surface area contributed by atoms with Gasteiger partial charge in [0.15, 0.2) is 5.76 Å². The Labute approximate surface area is 134 Å². The van der Waals surface area contributed by atoms with E-state index < -0.39 is 0 Å². The van der Waals surface area contributed by atoms with Crippen LogP contribution in [0.2, 0.25) is 0 Å². The van der Waals surface area contributed by atoms with Gasteiger partial charge in [0.25, 0.3) is 0 Å². The molecule has 4 rings (SSSR count). The Morgan fingerprint density at radius 1 is 1.17 bits per heavy atom. The molecule has 1 aliphatic heterocycles. The number of hydrogen-bond acceptors (Lipinski definition) is 5. The molecule has 5 heteroatoms. The molecule has 0 bridgehead atoms. The van der Waals surface area contributed by atoms with Crippen LogP contribution in [0.1, 0.15) is 22.9 Å². The quantitative estimate of drug-likeness (QED) is 0.802. The number of benzene rings is 1. The summed E-state index contributed by atoms with van der Waals surface area (Å²) >= 11 is 0. The number of hydrogen-bond donors (Lipinski definition) is 1. The average Bonchev–Trinajstić information content (AvgIpc) is 3.26. The largest absolute Gasteiger partial charge is 0.461 e. The van der Waals surface area contributed by atoms with Crippen LogP contribution in [0.5, 0.6) is 0 Å². The predicted molar refractivity (Wildman–Crippen MR) is 84.6 cm³/mol. The molecule has 0 aliphatic carbocycles. The number of rotatable bonds is 4. The summed E-state index contributed by atoms with van der Waals surface area (Å²) in [5.74, 6) is 1.30. The third kappa shape index (κ3) is 2.69. The van der Waals surface area contributed by atoms with Gasteiger partial charge in [-0.15, -0.1) is 0 Å². The summed E-state index contributed by atoms with van der Waals surface area (Å²) in [4.78, 5) is 2.24. The van der Waals surface area contributed by atoms with Gasteiger partial charge in [-0.3, -0.25) is 4.90 Å². The summed E-state index contributed by atoms with van der Waals surface area (Å²) in [7, 11) is 0. The van der Waals surface area contributed by atoms with Gasteiger partial charge in [0, 0.05) is 19.2 Å². The second kappa shape index (κ2) is 6.02. The van der Waals surface area contributed by atoms with Crippen molar-refractivity contribution in [1.29, 1.82) is 0 Å². The first-order chi connectivity index (χ1) is 11.3. The summed E-state index contributed by atoms with van der Waals surface area (Å²) in [6, 6.07) is 13.9. The number of aromatic nitrogens is 1. The minimum atomic E-state index is 0.00344. The van der Waals surface area contributed by atoms with Crippen LogP contribution in [0.25, 0.3) is 11.5 Å². The molecule has 0 spiro atoms. The highest BCUT2D eigenvalue weighted by molar-refractivity contribution is 5.49. The molecule has 0 saturated heterocycles. The maximum atomic E-state index is 9.84. The molecule has 0 amide bonds. The van der Waals surface area contributed by atoms with E-state index in [1.165, 1.54) is 11.1 Å². The number of furan rings is 1. The van der Waals surface area contributed by atoms with Crippen LogP contribution in [-0.2, 0) is 13.0 Å². The molecular formula is C18H18N2O3. The second-order valence-electron chi connectivity index (χ2n) is 5.78. The van der Waals surface area contributed by atoms with Crippen LogP contribution in [0.4, 0.5) is 0 Å². The monoisotopic (exact) mass is 310 g/mol. The first-order valence-corrected chi connectivity index (χ1v) is 7.77. The fourth-order valence-electron chi connectivity index (χ4n) is 3.24. The Morgan fingerprint density at radius 3 is 2.91 bits per heavy atom. The Morgan fingerprint density at radius 2 is 2.09 bits per heavy atom. The van der Waals surface area contributed by atoms with Crippen molar-refractivity contribution >= 4 is 0 Å². The van der Waals surface area contributed by atoms with Crippen molar-refractivity contribution in [3.05, 3.63) is 65.5 Å². The average molecular weight is 310 g/mol. The zero-order valence-corrected chi connectivity index (χ0v) is 12.7. The van der Waals surface area contributed by atoms with E-state index in [0.717, 1.165) is 18.7 Å².